The normalized spacial score (nSPS) is 24.1. The van der Waals surface area contributed by atoms with Crippen molar-refractivity contribution in [2.24, 2.45) is 11.8 Å². The van der Waals surface area contributed by atoms with Crippen molar-refractivity contribution in [3.63, 3.8) is 0 Å². The molecule has 0 aromatic heterocycles. The summed E-state index contributed by atoms with van der Waals surface area (Å²) in [5, 5.41) is 0. The fourth-order valence-electron chi connectivity index (χ4n) is 6.79. The summed E-state index contributed by atoms with van der Waals surface area (Å²) in [5.74, 6) is -4.09. The lowest BCUT2D eigenvalue weighted by Gasteiger charge is -2.41. The zero-order valence-electron chi connectivity index (χ0n) is 24.0. The van der Waals surface area contributed by atoms with Gasteiger partial charge in [-0.3, -0.25) is 4.79 Å². The summed E-state index contributed by atoms with van der Waals surface area (Å²) in [4.78, 5) is 14.9. The van der Waals surface area contributed by atoms with Gasteiger partial charge in [-0.1, -0.05) is 38.3 Å². The fraction of sp³-hybridized carbons (Fsp3) is 0.581. The van der Waals surface area contributed by atoms with Crippen LogP contribution in [0.2, 0.25) is 0 Å². The van der Waals surface area contributed by atoms with Gasteiger partial charge in [0.15, 0.2) is 6.04 Å². The second-order valence-electron chi connectivity index (χ2n) is 12.2. The van der Waals surface area contributed by atoms with Crippen LogP contribution in [0.4, 0.5) is 22.0 Å². The Hall–Kier alpha value is -2.73. The highest BCUT2D eigenvalue weighted by atomic mass is 32.2. The number of carbonyl (C=O) groups is 1. The maximum atomic E-state index is 16.1. The number of benzene rings is 2. The lowest BCUT2D eigenvalue weighted by Crippen LogP contribution is -2.59. The number of sulfonamides is 1. The summed E-state index contributed by atoms with van der Waals surface area (Å²) in [6.07, 6.45) is 3.33. The van der Waals surface area contributed by atoms with Gasteiger partial charge in [0, 0.05) is 17.6 Å². The average Bonchev–Trinajstić information content (AvgIpc) is 3.25. The summed E-state index contributed by atoms with van der Waals surface area (Å²) in [6.45, 7) is 2.52. The SMILES string of the molecule is CC1CC2CCC(C1)N2C(=O)C(NS(=O)(=O)c1ccc(OCC2CCCCC2)cc1)C(F)(F)c1ccc(C(F)(F)F)cc1. The van der Waals surface area contributed by atoms with Crippen LogP contribution in [-0.4, -0.2) is 44.0 Å². The Kier molecular flexibility index (Phi) is 9.09. The molecule has 2 saturated heterocycles. The van der Waals surface area contributed by atoms with Crippen LogP contribution in [0.1, 0.15) is 75.8 Å². The molecule has 1 N–H and O–H groups in total. The number of nitrogens with zero attached hydrogens (tertiary/aromatic N) is 1. The van der Waals surface area contributed by atoms with Crippen LogP contribution in [0, 0.1) is 11.8 Å². The largest absolute Gasteiger partial charge is 0.493 e. The van der Waals surface area contributed by atoms with Gasteiger partial charge in [-0.15, -0.1) is 0 Å². The molecule has 1 amide bonds. The van der Waals surface area contributed by atoms with E-state index in [-0.39, 0.29) is 22.9 Å². The van der Waals surface area contributed by atoms with Crippen molar-refractivity contribution in [3.05, 3.63) is 59.7 Å². The molecule has 0 radical (unpaired) electrons. The third-order valence-corrected chi connectivity index (χ3v) is 10.5. The second-order valence-corrected chi connectivity index (χ2v) is 14.0. The molecule has 2 aliphatic heterocycles. The maximum Gasteiger partial charge on any atom is 0.416 e. The first-order chi connectivity index (χ1) is 20.3. The third-order valence-electron chi connectivity index (χ3n) is 9.05. The van der Waals surface area contributed by atoms with Crippen LogP contribution >= 0.6 is 0 Å². The molecule has 6 nitrogen and oxygen atoms in total. The minimum Gasteiger partial charge on any atom is -0.493 e. The van der Waals surface area contributed by atoms with Gasteiger partial charge in [0.2, 0.25) is 15.9 Å². The van der Waals surface area contributed by atoms with E-state index >= 15 is 8.78 Å². The van der Waals surface area contributed by atoms with Gasteiger partial charge in [-0.25, -0.2) is 8.42 Å². The molecule has 3 atom stereocenters. The van der Waals surface area contributed by atoms with E-state index in [0.29, 0.717) is 68.2 Å². The summed E-state index contributed by atoms with van der Waals surface area (Å²) in [7, 11) is -4.66. The average molecular weight is 629 g/mol. The standard InChI is InChI=1S/C31H37F5N2O4S/c1-20-17-24-11-12-25(18-20)38(24)29(39)28(30(32,33)22-7-9-23(10-8-22)31(34,35)36)37-43(40,41)27-15-13-26(14-16-27)42-19-21-5-3-2-4-6-21/h7-10,13-16,20-21,24-25,28,37H,2-6,11-12,17-19H2,1H3. The first-order valence-corrected chi connectivity index (χ1v) is 16.4. The summed E-state index contributed by atoms with van der Waals surface area (Å²) in [6, 6.07) is 4.32. The van der Waals surface area contributed by atoms with Crippen LogP contribution in [0.15, 0.2) is 53.4 Å². The minimum atomic E-state index is -4.75. The molecule has 236 valence electrons. The number of amides is 1. The quantitative estimate of drug-likeness (QED) is 0.307. The first kappa shape index (κ1) is 31.7. The Morgan fingerprint density at radius 1 is 0.884 bits per heavy atom. The zero-order valence-corrected chi connectivity index (χ0v) is 24.8. The van der Waals surface area contributed by atoms with E-state index in [1.165, 1.54) is 35.6 Å². The van der Waals surface area contributed by atoms with Gasteiger partial charge in [0.25, 0.3) is 5.92 Å². The number of alkyl halides is 5. The number of halogens is 5. The number of hydrogen-bond acceptors (Lipinski definition) is 4. The summed E-state index contributed by atoms with van der Waals surface area (Å²) in [5.41, 5.74) is -2.03. The van der Waals surface area contributed by atoms with Crippen molar-refractivity contribution in [3.8, 4) is 5.75 Å². The van der Waals surface area contributed by atoms with Crippen molar-refractivity contribution in [1.29, 1.82) is 0 Å². The zero-order chi connectivity index (χ0) is 31.0. The molecule has 12 heteroatoms. The molecule has 3 aliphatic rings. The van der Waals surface area contributed by atoms with Crippen LogP contribution < -0.4 is 9.46 Å². The molecule has 3 fully saturated rings. The van der Waals surface area contributed by atoms with Crippen LogP contribution in [0.3, 0.4) is 0 Å². The van der Waals surface area contributed by atoms with E-state index in [2.05, 4.69) is 0 Å². The molecule has 2 bridgehead atoms. The number of fused-ring (bicyclic) bond motifs is 2. The molecule has 5 rings (SSSR count). The van der Waals surface area contributed by atoms with Crippen molar-refractivity contribution in [1.82, 2.24) is 9.62 Å². The van der Waals surface area contributed by atoms with Gasteiger partial charge in [0.05, 0.1) is 17.1 Å². The van der Waals surface area contributed by atoms with Crippen LogP contribution in [0.5, 0.6) is 5.75 Å². The number of piperidine rings is 1. The Morgan fingerprint density at radius 2 is 1.44 bits per heavy atom. The van der Waals surface area contributed by atoms with E-state index in [0.717, 1.165) is 25.7 Å². The highest BCUT2D eigenvalue weighted by molar-refractivity contribution is 7.89. The van der Waals surface area contributed by atoms with E-state index in [1.54, 1.807) is 0 Å². The monoisotopic (exact) mass is 628 g/mol. The lowest BCUT2D eigenvalue weighted by atomic mass is 9.90. The molecule has 2 aromatic carbocycles. The van der Waals surface area contributed by atoms with Crippen LogP contribution in [-0.2, 0) is 26.9 Å². The Labute approximate surface area is 249 Å². The van der Waals surface area contributed by atoms with Crippen molar-refractivity contribution in [2.45, 2.75) is 99.8 Å². The highest BCUT2D eigenvalue weighted by Crippen LogP contribution is 2.42. The Morgan fingerprint density at radius 3 is 2.00 bits per heavy atom. The van der Waals surface area contributed by atoms with Gasteiger partial charge in [0.1, 0.15) is 5.75 Å². The molecule has 3 unspecified atom stereocenters. The van der Waals surface area contributed by atoms with Gasteiger partial charge in [-0.05, 0) is 86.8 Å². The summed E-state index contributed by atoms with van der Waals surface area (Å²) >= 11 is 0. The van der Waals surface area contributed by atoms with Crippen molar-refractivity contribution in [2.75, 3.05) is 6.61 Å². The molecule has 1 saturated carbocycles. The molecular weight excluding hydrogens is 591 g/mol. The molecular formula is C31H37F5N2O4S. The smallest absolute Gasteiger partial charge is 0.416 e. The molecule has 0 spiro atoms. The Balaban J connectivity index is 1.40. The molecule has 1 aliphatic carbocycles. The summed E-state index contributed by atoms with van der Waals surface area (Å²) < 4.78 is 106. The predicted molar refractivity (Wildman–Crippen MR) is 150 cm³/mol. The number of ether oxygens (including phenoxy) is 1. The molecule has 2 heterocycles. The van der Waals surface area contributed by atoms with Gasteiger partial charge >= 0.3 is 6.18 Å². The lowest BCUT2D eigenvalue weighted by molar-refractivity contribution is -0.149. The van der Waals surface area contributed by atoms with Crippen molar-refractivity contribution < 1.29 is 39.9 Å². The van der Waals surface area contributed by atoms with E-state index in [4.69, 9.17) is 4.74 Å². The fourth-order valence-corrected chi connectivity index (χ4v) is 7.98. The highest BCUT2D eigenvalue weighted by Gasteiger charge is 2.53. The first-order valence-electron chi connectivity index (χ1n) is 14.9. The minimum absolute atomic E-state index is 0.283. The van der Waals surface area contributed by atoms with Gasteiger partial charge < -0.3 is 9.64 Å². The van der Waals surface area contributed by atoms with Crippen molar-refractivity contribution >= 4 is 15.9 Å². The number of rotatable bonds is 9. The second kappa shape index (κ2) is 12.3. The molecule has 2 aromatic rings. The van der Waals surface area contributed by atoms with Gasteiger partial charge in [-0.2, -0.15) is 26.7 Å². The topological polar surface area (TPSA) is 75.7 Å². The number of carbonyl (C=O) groups excluding carboxylic acids is 1. The van der Waals surface area contributed by atoms with Crippen LogP contribution in [0.25, 0.3) is 0 Å². The van der Waals surface area contributed by atoms with E-state index in [9.17, 15) is 26.4 Å². The molecule has 43 heavy (non-hydrogen) atoms. The number of nitrogens with one attached hydrogen (secondary N) is 1. The van der Waals surface area contributed by atoms with E-state index in [1.807, 2.05) is 11.6 Å². The maximum absolute atomic E-state index is 16.1. The number of hydrogen-bond donors (Lipinski definition) is 1. The van der Waals surface area contributed by atoms with E-state index < -0.39 is 45.2 Å². The third kappa shape index (κ3) is 7.00. The predicted octanol–water partition coefficient (Wildman–Crippen LogP) is 6.89. The Bertz CT molecular complexity index is 1360.